The van der Waals surface area contributed by atoms with Gasteiger partial charge in [0.05, 0.1) is 7.11 Å². The molecule has 4 heteroatoms. The molecule has 0 atom stereocenters. The number of aliphatic carboxylic acids is 1. The third-order valence-electron chi connectivity index (χ3n) is 3.15. The molecule has 2 aromatic carbocycles. The monoisotopic (exact) mass is 308 g/mol. The van der Waals surface area contributed by atoms with E-state index in [1.807, 2.05) is 30.3 Å². The lowest BCUT2D eigenvalue weighted by Crippen LogP contribution is -1.97. The van der Waals surface area contributed by atoms with Crippen LogP contribution in [0.4, 0.5) is 0 Å². The molecule has 0 aliphatic heterocycles. The Hall–Kier alpha value is -3.14. The topological polar surface area (TPSA) is 63.6 Å². The van der Waals surface area contributed by atoms with Crippen molar-refractivity contribution in [1.29, 1.82) is 0 Å². The van der Waals surface area contributed by atoms with Crippen LogP contribution in [0.25, 0.3) is 12.2 Å². The van der Waals surface area contributed by atoms with Gasteiger partial charge in [0.25, 0.3) is 0 Å². The van der Waals surface area contributed by atoms with E-state index in [4.69, 9.17) is 9.84 Å². The van der Waals surface area contributed by atoms with E-state index >= 15 is 0 Å². The molecule has 0 spiro atoms. The Morgan fingerprint density at radius 2 is 1.74 bits per heavy atom. The number of carbonyl (C=O) groups is 2. The van der Waals surface area contributed by atoms with Crippen LogP contribution in [-0.4, -0.2) is 24.0 Å². The third kappa shape index (κ3) is 4.68. The first-order chi connectivity index (χ1) is 11.1. The number of ketones is 1. The number of ether oxygens (including phenoxy) is 1. The molecule has 23 heavy (non-hydrogen) atoms. The summed E-state index contributed by atoms with van der Waals surface area (Å²) in [6.07, 6.45) is 5.63. The van der Waals surface area contributed by atoms with Gasteiger partial charge in [-0.3, -0.25) is 4.79 Å². The highest BCUT2D eigenvalue weighted by Gasteiger charge is 2.07. The quantitative estimate of drug-likeness (QED) is 0.653. The second-order valence-electron chi connectivity index (χ2n) is 4.74. The fourth-order valence-corrected chi connectivity index (χ4v) is 2.01. The van der Waals surface area contributed by atoms with Gasteiger partial charge in [0.2, 0.25) is 0 Å². The molecule has 2 rings (SSSR count). The fraction of sp³-hybridized carbons (Fsp3) is 0.0526. The van der Waals surface area contributed by atoms with Gasteiger partial charge in [-0.25, -0.2) is 4.79 Å². The van der Waals surface area contributed by atoms with Crippen molar-refractivity contribution in [2.75, 3.05) is 7.11 Å². The van der Waals surface area contributed by atoms with E-state index in [-0.39, 0.29) is 5.78 Å². The van der Waals surface area contributed by atoms with Crippen LogP contribution in [-0.2, 0) is 4.79 Å². The summed E-state index contributed by atoms with van der Waals surface area (Å²) < 4.78 is 5.17. The molecule has 0 saturated carbocycles. The lowest BCUT2D eigenvalue weighted by atomic mass is 10.0. The van der Waals surface area contributed by atoms with Gasteiger partial charge >= 0.3 is 5.97 Å². The van der Waals surface area contributed by atoms with Crippen LogP contribution < -0.4 is 4.74 Å². The molecule has 0 unspecified atom stereocenters. The standard InChI is InChI=1S/C19H16O4/c1-23-18-11-8-15(13-16(18)9-12-19(21)22)17(20)10-7-14-5-3-2-4-6-14/h2-13H,1H3,(H,21,22). The molecule has 0 heterocycles. The number of carboxylic acid groups (broad SMARTS) is 1. The third-order valence-corrected chi connectivity index (χ3v) is 3.15. The summed E-state index contributed by atoms with van der Waals surface area (Å²) in [6, 6.07) is 14.4. The van der Waals surface area contributed by atoms with Crippen molar-refractivity contribution in [2.24, 2.45) is 0 Å². The molecule has 1 N–H and O–H groups in total. The number of rotatable bonds is 6. The van der Waals surface area contributed by atoms with Gasteiger partial charge < -0.3 is 9.84 Å². The maximum absolute atomic E-state index is 12.2. The maximum Gasteiger partial charge on any atom is 0.328 e. The molecule has 2 aromatic rings. The Labute approximate surface area is 134 Å². The van der Waals surface area contributed by atoms with E-state index in [9.17, 15) is 9.59 Å². The molecule has 0 fully saturated rings. The van der Waals surface area contributed by atoms with Crippen molar-refractivity contribution < 1.29 is 19.4 Å². The van der Waals surface area contributed by atoms with Crippen LogP contribution >= 0.6 is 0 Å². The first kappa shape index (κ1) is 16.2. The van der Waals surface area contributed by atoms with Crippen molar-refractivity contribution in [1.82, 2.24) is 0 Å². The molecule has 0 amide bonds. The average Bonchev–Trinajstić information content (AvgIpc) is 2.58. The first-order valence-corrected chi connectivity index (χ1v) is 6.96. The minimum Gasteiger partial charge on any atom is -0.496 e. The summed E-state index contributed by atoms with van der Waals surface area (Å²) >= 11 is 0. The highest BCUT2D eigenvalue weighted by molar-refractivity contribution is 6.07. The summed E-state index contributed by atoms with van der Waals surface area (Å²) in [6.45, 7) is 0. The van der Waals surface area contributed by atoms with Crippen molar-refractivity contribution in [3.05, 3.63) is 77.4 Å². The number of carbonyl (C=O) groups excluding carboxylic acids is 1. The van der Waals surface area contributed by atoms with Crippen molar-refractivity contribution in [3.8, 4) is 5.75 Å². The van der Waals surface area contributed by atoms with E-state index in [1.54, 1.807) is 24.3 Å². The summed E-state index contributed by atoms with van der Waals surface area (Å²) in [5, 5.41) is 8.72. The molecular weight excluding hydrogens is 292 g/mol. The van der Waals surface area contributed by atoms with E-state index in [1.165, 1.54) is 19.3 Å². The van der Waals surface area contributed by atoms with E-state index < -0.39 is 5.97 Å². The Balaban J connectivity index is 2.25. The van der Waals surface area contributed by atoms with Crippen LogP contribution in [0.15, 0.2) is 60.7 Å². The van der Waals surface area contributed by atoms with Gasteiger partial charge in [0, 0.05) is 17.2 Å². The lowest BCUT2D eigenvalue weighted by Gasteiger charge is -2.06. The Morgan fingerprint density at radius 3 is 2.39 bits per heavy atom. The minimum atomic E-state index is -1.06. The van der Waals surface area contributed by atoms with Crippen LogP contribution in [0.1, 0.15) is 21.5 Å². The van der Waals surface area contributed by atoms with E-state index in [2.05, 4.69) is 0 Å². The number of hydrogen-bond acceptors (Lipinski definition) is 3. The highest BCUT2D eigenvalue weighted by Crippen LogP contribution is 2.22. The number of hydrogen-bond donors (Lipinski definition) is 1. The Kier molecular flexibility index (Phi) is 5.47. The zero-order chi connectivity index (χ0) is 16.7. The van der Waals surface area contributed by atoms with Crippen LogP contribution in [0.5, 0.6) is 5.75 Å². The number of benzene rings is 2. The van der Waals surface area contributed by atoms with E-state index in [0.29, 0.717) is 16.9 Å². The molecule has 4 nitrogen and oxygen atoms in total. The molecule has 0 saturated heterocycles. The van der Waals surface area contributed by atoms with Crippen LogP contribution in [0.2, 0.25) is 0 Å². The predicted octanol–water partition coefficient (Wildman–Crippen LogP) is 3.69. The van der Waals surface area contributed by atoms with Gasteiger partial charge in [-0.05, 0) is 35.9 Å². The zero-order valence-corrected chi connectivity index (χ0v) is 12.6. The van der Waals surface area contributed by atoms with Gasteiger partial charge in [-0.1, -0.05) is 36.4 Å². The minimum absolute atomic E-state index is 0.165. The molecular formula is C19H16O4. The summed E-state index contributed by atoms with van der Waals surface area (Å²) in [5.41, 5.74) is 1.93. The van der Waals surface area contributed by atoms with Gasteiger partial charge in [-0.2, -0.15) is 0 Å². The average molecular weight is 308 g/mol. The van der Waals surface area contributed by atoms with Crippen molar-refractivity contribution in [2.45, 2.75) is 0 Å². The molecule has 0 aliphatic rings. The molecule has 0 aromatic heterocycles. The largest absolute Gasteiger partial charge is 0.496 e. The lowest BCUT2D eigenvalue weighted by molar-refractivity contribution is -0.131. The second-order valence-corrected chi connectivity index (χ2v) is 4.74. The number of methoxy groups -OCH3 is 1. The van der Waals surface area contributed by atoms with Crippen LogP contribution in [0.3, 0.4) is 0 Å². The molecule has 0 aliphatic carbocycles. The summed E-state index contributed by atoms with van der Waals surface area (Å²) in [7, 11) is 1.49. The SMILES string of the molecule is COc1ccc(C(=O)C=Cc2ccccc2)cc1C=CC(=O)O. The Bertz CT molecular complexity index is 758. The highest BCUT2D eigenvalue weighted by atomic mass is 16.5. The predicted molar refractivity (Wildman–Crippen MR) is 89.5 cm³/mol. The molecule has 0 bridgehead atoms. The van der Waals surface area contributed by atoms with Gasteiger partial charge in [-0.15, -0.1) is 0 Å². The fourth-order valence-electron chi connectivity index (χ4n) is 2.01. The van der Waals surface area contributed by atoms with E-state index in [0.717, 1.165) is 11.6 Å². The van der Waals surface area contributed by atoms with Gasteiger partial charge in [0.15, 0.2) is 5.78 Å². The first-order valence-electron chi connectivity index (χ1n) is 6.96. The Morgan fingerprint density at radius 1 is 1.00 bits per heavy atom. The maximum atomic E-state index is 12.2. The molecule has 116 valence electrons. The summed E-state index contributed by atoms with van der Waals surface area (Å²) in [5.74, 6) is -0.722. The van der Waals surface area contributed by atoms with Gasteiger partial charge in [0.1, 0.15) is 5.75 Å². The molecule has 0 radical (unpaired) electrons. The normalized spacial score (nSPS) is 11.0. The van der Waals surface area contributed by atoms with Crippen LogP contribution in [0, 0.1) is 0 Å². The second kappa shape index (κ2) is 7.75. The summed E-state index contributed by atoms with van der Waals surface area (Å²) in [4.78, 5) is 22.9. The van der Waals surface area contributed by atoms with Crippen molar-refractivity contribution in [3.63, 3.8) is 0 Å². The number of carboxylic acids is 1. The smallest absolute Gasteiger partial charge is 0.328 e. The van der Waals surface area contributed by atoms with Crippen molar-refractivity contribution >= 4 is 23.9 Å². The zero-order valence-electron chi connectivity index (χ0n) is 12.6. The number of allylic oxidation sites excluding steroid dienone is 1.